The first-order valence-electron chi connectivity index (χ1n) is 19.9. The van der Waals surface area contributed by atoms with Crippen LogP contribution in [0, 0.1) is 0 Å². The lowest BCUT2D eigenvalue weighted by molar-refractivity contribution is 0.658. The Hall–Kier alpha value is -6.44. The fourth-order valence-corrected chi connectivity index (χ4v) is 10.8. The summed E-state index contributed by atoms with van der Waals surface area (Å²) in [6.45, 7) is 9.56. The van der Waals surface area contributed by atoms with Crippen LogP contribution in [0.15, 0.2) is 188 Å². The lowest BCUT2D eigenvalue weighted by Gasteiger charge is -2.36. The van der Waals surface area contributed by atoms with Crippen molar-refractivity contribution >= 4 is 17.1 Å². The molecule has 0 saturated carbocycles. The molecule has 8 aromatic rings. The molecule has 56 heavy (non-hydrogen) atoms. The van der Waals surface area contributed by atoms with Gasteiger partial charge in [-0.05, 0) is 108 Å². The van der Waals surface area contributed by atoms with Crippen molar-refractivity contribution < 1.29 is 0 Å². The number of rotatable bonds is 5. The maximum atomic E-state index is 2.57. The first-order valence-corrected chi connectivity index (χ1v) is 19.9. The van der Waals surface area contributed by atoms with E-state index in [1.54, 1.807) is 0 Å². The van der Waals surface area contributed by atoms with E-state index >= 15 is 0 Å². The van der Waals surface area contributed by atoms with Crippen LogP contribution in [0.2, 0.25) is 0 Å². The van der Waals surface area contributed by atoms with Crippen molar-refractivity contribution in [3.63, 3.8) is 0 Å². The van der Waals surface area contributed by atoms with E-state index in [4.69, 9.17) is 0 Å². The number of anilines is 3. The highest BCUT2D eigenvalue weighted by Gasteiger charge is 2.47. The molecular weight excluding hydrogens is 675 g/mol. The van der Waals surface area contributed by atoms with Gasteiger partial charge in [0.15, 0.2) is 0 Å². The number of fused-ring (bicyclic) bond motifs is 9. The molecule has 0 amide bonds. The summed E-state index contributed by atoms with van der Waals surface area (Å²) >= 11 is 0. The fraction of sp³-hybridized carbons (Fsp3) is 0.127. The Bertz CT molecular complexity index is 2820. The Morgan fingerprint density at radius 3 is 1.36 bits per heavy atom. The SMILES string of the molecule is CC1(C)c2ccccc2-c2ccc(N(c3ccc4c(c3)C(c3ccccc3)(c3ccccc3)c3ccccc3-4)c3cccc4c3C(C)(C)c3ccccc3-4)cc21. The topological polar surface area (TPSA) is 3.24 Å². The van der Waals surface area contributed by atoms with Crippen LogP contribution in [0.1, 0.15) is 72.2 Å². The summed E-state index contributed by atoms with van der Waals surface area (Å²) in [5.41, 5.74) is 21.3. The third-order valence-corrected chi connectivity index (χ3v) is 13.3. The van der Waals surface area contributed by atoms with E-state index in [0.717, 1.165) is 5.69 Å². The number of hydrogen-bond acceptors (Lipinski definition) is 1. The lowest BCUT2D eigenvalue weighted by Crippen LogP contribution is -2.29. The zero-order valence-corrected chi connectivity index (χ0v) is 32.3. The summed E-state index contributed by atoms with van der Waals surface area (Å²) in [5.74, 6) is 0. The molecule has 0 heterocycles. The Balaban J connectivity index is 1.21. The van der Waals surface area contributed by atoms with Crippen LogP contribution in [0.4, 0.5) is 17.1 Å². The van der Waals surface area contributed by atoms with E-state index in [2.05, 4.69) is 221 Å². The molecule has 0 N–H and O–H groups in total. The molecule has 1 heteroatoms. The van der Waals surface area contributed by atoms with Crippen molar-refractivity contribution in [3.8, 4) is 33.4 Å². The molecule has 0 fully saturated rings. The van der Waals surface area contributed by atoms with Crippen molar-refractivity contribution in [2.24, 2.45) is 0 Å². The molecule has 8 aromatic carbocycles. The van der Waals surface area contributed by atoms with Gasteiger partial charge in [-0.15, -0.1) is 0 Å². The van der Waals surface area contributed by atoms with E-state index in [0.29, 0.717) is 0 Å². The second-order valence-corrected chi connectivity index (χ2v) is 16.9. The van der Waals surface area contributed by atoms with Crippen molar-refractivity contribution in [1.82, 2.24) is 0 Å². The predicted octanol–water partition coefficient (Wildman–Crippen LogP) is 14.1. The van der Waals surface area contributed by atoms with Crippen LogP contribution < -0.4 is 4.90 Å². The normalized spacial score (nSPS) is 15.6. The summed E-state index contributed by atoms with van der Waals surface area (Å²) < 4.78 is 0. The molecular formula is C55H43N. The molecule has 1 nitrogen and oxygen atoms in total. The van der Waals surface area contributed by atoms with Gasteiger partial charge in [0.1, 0.15) is 0 Å². The molecule has 0 aromatic heterocycles. The predicted molar refractivity (Wildman–Crippen MR) is 234 cm³/mol. The minimum Gasteiger partial charge on any atom is -0.310 e. The summed E-state index contributed by atoms with van der Waals surface area (Å²) in [4.78, 5) is 2.57. The monoisotopic (exact) mass is 717 g/mol. The van der Waals surface area contributed by atoms with Crippen LogP contribution in [0.3, 0.4) is 0 Å². The van der Waals surface area contributed by atoms with Gasteiger partial charge < -0.3 is 4.90 Å². The van der Waals surface area contributed by atoms with Gasteiger partial charge in [-0.25, -0.2) is 0 Å². The Morgan fingerprint density at radius 1 is 0.321 bits per heavy atom. The number of benzene rings is 8. The van der Waals surface area contributed by atoms with E-state index in [1.807, 2.05) is 0 Å². The van der Waals surface area contributed by atoms with Gasteiger partial charge in [0.25, 0.3) is 0 Å². The standard InChI is InChI=1S/C55H43N/c1-53(2)46-26-14-11-22-40(46)43-32-30-38(34-49(43)53)56(51-29-17-25-45-42-24-12-15-27-47(42)54(3,4)52(45)51)39-31-33-44-41-23-13-16-28-48(41)55(50(44)35-39,36-18-7-5-8-19-36)37-20-9-6-10-21-37/h5-35H,1-4H3. The van der Waals surface area contributed by atoms with Crippen LogP contribution in [0.25, 0.3) is 33.4 Å². The minimum absolute atomic E-state index is 0.128. The van der Waals surface area contributed by atoms with E-state index in [9.17, 15) is 0 Å². The number of nitrogens with zero attached hydrogens (tertiary/aromatic N) is 1. The lowest BCUT2D eigenvalue weighted by atomic mass is 9.67. The van der Waals surface area contributed by atoms with Crippen LogP contribution in [-0.4, -0.2) is 0 Å². The average Bonchev–Trinajstić information content (AvgIpc) is 3.77. The van der Waals surface area contributed by atoms with Crippen molar-refractivity contribution in [2.75, 3.05) is 4.90 Å². The van der Waals surface area contributed by atoms with E-state index in [1.165, 1.54) is 89.3 Å². The highest BCUT2D eigenvalue weighted by molar-refractivity contribution is 5.94. The van der Waals surface area contributed by atoms with Gasteiger partial charge in [0.05, 0.1) is 11.1 Å². The molecule has 268 valence electrons. The third-order valence-electron chi connectivity index (χ3n) is 13.3. The number of hydrogen-bond donors (Lipinski definition) is 0. The van der Waals surface area contributed by atoms with Gasteiger partial charge in [0.2, 0.25) is 0 Å². The maximum absolute atomic E-state index is 2.57. The molecule has 3 aliphatic rings. The molecule has 0 atom stereocenters. The van der Waals surface area contributed by atoms with Gasteiger partial charge in [-0.1, -0.05) is 185 Å². The fourth-order valence-electron chi connectivity index (χ4n) is 10.8. The van der Waals surface area contributed by atoms with Crippen LogP contribution >= 0.6 is 0 Å². The van der Waals surface area contributed by atoms with Gasteiger partial charge in [0, 0.05) is 22.2 Å². The van der Waals surface area contributed by atoms with Crippen LogP contribution in [0.5, 0.6) is 0 Å². The zero-order chi connectivity index (χ0) is 37.8. The summed E-state index contributed by atoms with van der Waals surface area (Å²) in [5, 5.41) is 0. The average molecular weight is 718 g/mol. The zero-order valence-electron chi connectivity index (χ0n) is 32.3. The highest BCUT2D eigenvalue weighted by Crippen LogP contribution is 2.59. The summed E-state index contributed by atoms with van der Waals surface area (Å²) in [6, 6.07) is 70.6. The first-order chi connectivity index (χ1) is 27.3. The second kappa shape index (κ2) is 11.8. The van der Waals surface area contributed by atoms with Crippen molar-refractivity contribution in [1.29, 1.82) is 0 Å². The molecule has 0 saturated heterocycles. The van der Waals surface area contributed by atoms with E-state index in [-0.39, 0.29) is 10.8 Å². The first kappa shape index (κ1) is 32.9. The summed E-state index contributed by atoms with van der Waals surface area (Å²) in [6.07, 6.45) is 0. The molecule has 3 aliphatic carbocycles. The van der Waals surface area contributed by atoms with Gasteiger partial charge in [-0.3, -0.25) is 0 Å². The molecule has 0 bridgehead atoms. The maximum Gasteiger partial charge on any atom is 0.0714 e. The Kier molecular flexibility index (Phi) is 6.93. The van der Waals surface area contributed by atoms with Gasteiger partial charge >= 0.3 is 0 Å². The van der Waals surface area contributed by atoms with Gasteiger partial charge in [-0.2, -0.15) is 0 Å². The second-order valence-electron chi connectivity index (χ2n) is 16.9. The smallest absolute Gasteiger partial charge is 0.0714 e. The largest absolute Gasteiger partial charge is 0.310 e. The van der Waals surface area contributed by atoms with Crippen molar-refractivity contribution in [3.05, 3.63) is 233 Å². The Morgan fingerprint density at radius 2 is 0.750 bits per heavy atom. The highest BCUT2D eigenvalue weighted by atomic mass is 15.1. The molecule has 0 unspecified atom stereocenters. The minimum atomic E-state index is -0.494. The summed E-state index contributed by atoms with van der Waals surface area (Å²) in [7, 11) is 0. The van der Waals surface area contributed by atoms with E-state index < -0.39 is 5.41 Å². The quantitative estimate of drug-likeness (QED) is 0.171. The Labute approximate surface area is 330 Å². The van der Waals surface area contributed by atoms with Crippen molar-refractivity contribution in [2.45, 2.75) is 43.9 Å². The molecule has 0 aliphatic heterocycles. The third kappa shape index (κ3) is 4.32. The van der Waals surface area contributed by atoms with Crippen LogP contribution in [-0.2, 0) is 16.2 Å². The molecule has 0 radical (unpaired) electrons. The molecule has 0 spiro atoms. The molecule has 11 rings (SSSR count).